The van der Waals surface area contributed by atoms with Crippen molar-refractivity contribution in [2.24, 2.45) is 0 Å². The number of halogens is 3. The number of hydrogen-bond donors (Lipinski definition) is 0. The molecule has 0 saturated carbocycles. The molecule has 1 rings (SSSR count). The molecule has 1 heterocycles. The minimum absolute atomic E-state index is 0.493. The second kappa shape index (κ2) is 2.41. The van der Waals surface area contributed by atoms with Gasteiger partial charge in [0.15, 0.2) is 0 Å². The second-order valence-electron chi connectivity index (χ2n) is 1.25. The van der Waals surface area contributed by atoms with Crippen molar-refractivity contribution in [3.8, 4) is 5.19 Å². The van der Waals surface area contributed by atoms with E-state index < -0.39 is 11.6 Å². The number of alkyl halides is 3. The average Bonchev–Trinajstić information content (AvgIpc) is 2.12. The highest BCUT2D eigenvalue weighted by molar-refractivity contribution is 7.11. The number of ether oxygens (including phenoxy) is 1. The summed E-state index contributed by atoms with van der Waals surface area (Å²) in [7, 11) is 0. The van der Waals surface area contributed by atoms with Gasteiger partial charge in [0, 0.05) is 0 Å². The van der Waals surface area contributed by atoms with Crippen molar-refractivity contribution in [1.82, 2.24) is 10.2 Å². The largest absolute Gasteiger partial charge is 0.574 e. The minimum Gasteiger partial charge on any atom is -0.377 e. The Kier molecular flexibility index (Phi) is 1.75. The second-order valence-corrected chi connectivity index (χ2v) is 2.05. The van der Waals surface area contributed by atoms with Crippen molar-refractivity contribution in [3.63, 3.8) is 0 Å². The molecule has 0 radical (unpaired) electrons. The molecule has 0 N–H and O–H groups in total. The van der Waals surface area contributed by atoms with Crippen LogP contribution in [0.4, 0.5) is 13.2 Å². The third-order valence-electron chi connectivity index (χ3n) is 0.543. The van der Waals surface area contributed by atoms with Gasteiger partial charge in [-0.1, -0.05) is 11.3 Å². The summed E-state index contributed by atoms with van der Waals surface area (Å²) in [6.07, 6.45) is -4.67. The Labute approximate surface area is 57.5 Å². The van der Waals surface area contributed by atoms with Gasteiger partial charge in [0.05, 0.1) is 0 Å². The van der Waals surface area contributed by atoms with E-state index in [4.69, 9.17) is 0 Å². The van der Waals surface area contributed by atoms with Crippen LogP contribution in [0, 0.1) is 0 Å². The predicted octanol–water partition coefficient (Wildman–Crippen LogP) is 1.44. The number of hydrogen-bond acceptors (Lipinski definition) is 4. The zero-order valence-electron chi connectivity index (χ0n) is 4.42. The van der Waals surface area contributed by atoms with Gasteiger partial charge in [0.1, 0.15) is 5.51 Å². The van der Waals surface area contributed by atoms with Crippen LogP contribution in [0.5, 0.6) is 5.19 Å². The quantitative estimate of drug-likeness (QED) is 0.639. The van der Waals surface area contributed by atoms with Gasteiger partial charge in [0.25, 0.3) is 0 Å². The fraction of sp³-hybridized carbons (Fsp3) is 0.333. The van der Waals surface area contributed by atoms with E-state index in [1.54, 1.807) is 0 Å². The molecule has 0 aliphatic rings. The van der Waals surface area contributed by atoms with Crippen molar-refractivity contribution in [2.45, 2.75) is 6.36 Å². The van der Waals surface area contributed by atoms with Crippen molar-refractivity contribution in [1.29, 1.82) is 0 Å². The zero-order valence-corrected chi connectivity index (χ0v) is 5.24. The van der Waals surface area contributed by atoms with Gasteiger partial charge >= 0.3 is 11.6 Å². The van der Waals surface area contributed by atoms with Crippen LogP contribution < -0.4 is 4.74 Å². The van der Waals surface area contributed by atoms with E-state index in [9.17, 15) is 13.2 Å². The topological polar surface area (TPSA) is 35.0 Å². The summed E-state index contributed by atoms with van der Waals surface area (Å²) >= 11 is 0.685. The van der Waals surface area contributed by atoms with E-state index in [0.29, 0.717) is 11.3 Å². The molecule has 10 heavy (non-hydrogen) atoms. The lowest BCUT2D eigenvalue weighted by Gasteiger charge is -2.02. The van der Waals surface area contributed by atoms with E-state index in [-0.39, 0.29) is 0 Å². The molecule has 0 atom stereocenters. The molecule has 7 heteroatoms. The normalized spacial score (nSPS) is 11.5. The van der Waals surface area contributed by atoms with Crippen LogP contribution in [-0.4, -0.2) is 16.6 Å². The zero-order chi connectivity index (χ0) is 7.61. The van der Waals surface area contributed by atoms with E-state index in [1.165, 1.54) is 0 Å². The molecule has 0 aliphatic heterocycles. The van der Waals surface area contributed by atoms with Gasteiger partial charge in [-0.3, -0.25) is 0 Å². The van der Waals surface area contributed by atoms with Crippen molar-refractivity contribution < 1.29 is 17.9 Å². The van der Waals surface area contributed by atoms with E-state index in [1.807, 2.05) is 0 Å². The summed E-state index contributed by atoms with van der Waals surface area (Å²) in [6.45, 7) is 0. The Bertz CT molecular complexity index is 196. The Balaban J connectivity index is 2.57. The standard InChI is InChI=1S/C3HF3N2OS/c4-3(5,6)9-2-8-7-1-10-2/h1H. The first-order valence-corrected chi connectivity index (χ1v) is 2.98. The molecule has 1 aromatic rings. The first-order chi connectivity index (χ1) is 4.58. The summed E-state index contributed by atoms with van der Waals surface area (Å²) in [5.41, 5.74) is 1.15. The van der Waals surface area contributed by atoms with Gasteiger partial charge in [0.2, 0.25) is 0 Å². The maximum atomic E-state index is 11.3. The molecule has 0 amide bonds. The van der Waals surface area contributed by atoms with Crippen LogP contribution in [0.2, 0.25) is 0 Å². The highest BCUT2D eigenvalue weighted by Crippen LogP contribution is 2.22. The van der Waals surface area contributed by atoms with Crippen LogP contribution >= 0.6 is 11.3 Å². The molecule has 0 spiro atoms. The van der Waals surface area contributed by atoms with Crippen LogP contribution in [0.25, 0.3) is 0 Å². The van der Waals surface area contributed by atoms with E-state index in [2.05, 4.69) is 14.9 Å². The number of nitrogens with zero attached hydrogens (tertiary/aromatic N) is 2. The molecule has 3 nitrogen and oxygen atoms in total. The van der Waals surface area contributed by atoms with Gasteiger partial charge < -0.3 is 4.74 Å². The fourth-order valence-corrected chi connectivity index (χ4v) is 0.728. The maximum absolute atomic E-state index is 11.3. The van der Waals surface area contributed by atoms with Crippen LogP contribution in [0.3, 0.4) is 0 Å². The van der Waals surface area contributed by atoms with Crippen molar-refractivity contribution >= 4 is 11.3 Å². The third-order valence-corrected chi connectivity index (χ3v) is 1.11. The number of aromatic nitrogens is 2. The summed E-state index contributed by atoms with van der Waals surface area (Å²) in [6, 6.07) is 0. The summed E-state index contributed by atoms with van der Waals surface area (Å²) in [4.78, 5) is 0. The lowest BCUT2D eigenvalue weighted by Crippen LogP contribution is -2.16. The Morgan fingerprint density at radius 1 is 1.50 bits per heavy atom. The molecule has 0 bridgehead atoms. The van der Waals surface area contributed by atoms with Gasteiger partial charge in [-0.15, -0.1) is 23.4 Å². The Morgan fingerprint density at radius 2 is 2.20 bits per heavy atom. The van der Waals surface area contributed by atoms with Crippen LogP contribution in [-0.2, 0) is 0 Å². The monoisotopic (exact) mass is 170 g/mol. The maximum Gasteiger partial charge on any atom is 0.574 e. The van der Waals surface area contributed by atoms with E-state index in [0.717, 1.165) is 5.51 Å². The first-order valence-electron chi connectivity index (χ1n) is 2.10. The molecule has 1 aromatic heterocycles. The predicted molar refractivity (Wildman–Crippen MR) is 26.6 cm³/mol. The highest BCUT2D eigenvalue weighted by atomic mass is 32.1. The summed E-state index contributed by atoms with van der Waals surface area (Å²) < 4.78 is 37.4. The fourth-order valence-electron chi connectivity index (χ4n) is 0.306. The van der Waals surface area contributed by atoms with Crippen LogP contribution in [0.1, 0.15) is 0 Å². The average molecular weight is 170 g/mol. The van der Waals surface area contributed by atoms with Gasteiger partial charge in [-0.25, -0.2) is 0 Å². The molecule has 0 aliphatic carbocycles. The third kappa shape index (κ3) is 2.18. The molecule has 0 unspecified atom stereocenters. The summed E-state index contributed by atoms with van der Waals surface area (Å²) in [5, 5.41) is 5.68. The van der Waals surface area contributed by atoms with Crippen molar-refractivity contribution in [2.75, 3.05) is 0 Å². The smallest absolute Gasteiger partial charge is 0.377 e. The summed E-state index contributed by atoms with van der Waals surface area (Å²) in [5.74, 6) is 0. The van der Waals surface area contributed by atoms with Crippen molar-refractivity contribution in [3.05, 3.63) is 5.51 Å². The Morgan fingerprint density at radius 3 is 2.60 bits per heavy atom. The van der Waals surface area contributed by atoms with E-state index >= 15 is 0 Å². The molecule has 0 fully saturated rings. The van der Waals surface area contributed by atoms with Gasteiger partial charge in [-0.05, 0) is 0 Å². The minimum atomic E-state index is -4.67. The lowest BCUT2D eigenvalue weighted by molar-refractivity contribution is -0.274. The van der Waals surface area contributed by atoms with Gasteiger partial charge in [-0.2, -0.15) is 0 Å². The SMILES string of the molecule is FC(F)(F)Oc1nncs1. The molecule has 0 aromatic carbocycles. The first kappa shape index (κ1) is 7.26. The molecule has 56 valence electrons. The van der Waals surface area contributed by atoms with Crippen LogP contribution in [0.15, 0.2) is 5.51 Å². The Hall–Kier alpha value is -0.850. The highest BCUT2D eigenvalue weighted by Gasteiger charge is 2.32. The molecular weight excluding hydrogens is 169 g/mol. The molecular formula is C3HF3N2OS. The lowest BCUT2D eigenvalue weighted by atomic mass is 11.2. The number of rotatable bonds is 1. The molecule has 0 saturated heterocycles.